The van der Waals surface area contributed by atoms with Crippen LogP contribution in [0, 0.1) is 5.82 Å². The van der Waals surface area contributed by atoms with E-state index in [0.29, 0.717) is 34.2 Å². The number of nitrogens with zero attached hydrogens (tertiary/aromatic N) is 1. The fourth-order valence-electron chi connectivity index (χ4n) is 2.99. The summed E-state index contributed by atoms with van der Waals surface area (Å²) in [6.07, 6.45) is -3.44. The smallest absolute Gasteiger partial charge is 0.416 e. The fraction of sp³-hybridized carbons (Fsp3) is 0.160. The van der Waals surface area contributed by atoms with Crippen molar-refractivity contribution in [3.8, 4) is 11.5 Å². The van der Waals surface area contributed by atoms with Crippen LogP contribution < -0.4 is 20.2 Å². The van der Waals surface area contributed by atoms with Gasteiger partial charge >= 0.3 is 18.0 Å². The first-order chi connectivity index (χ1) is 18.0. The standard InChI is InChI=1S/C25H19BrClF4N3O4/c1-2-37-21-10-15(9-18(26)22(21)38-13-14-3-6-17(28)7-4-14)12-32-34-24(36)23(35)33-20-11-16(25(29,30)31)5-8-19(20)27/h3-12H,2,13H2,1H3,(H,33,35)(H,34,36)/b32-12+. The molecule has 38 heavy (non-hydrogen) atoms. The van der Waals surface area contributed by atoms with E-state index in [1.165, 1.54) is 18.3 Å². The maximum absolute atomic E-state index is 13.1. The van der Waals surface area contributed by atoms with E-state index in [-0.39, 0.29) is 23.1 Å². The highest BCUT2D eigenvalue weighted by Gasteiger charge is 2.31. The molecule has 3 rings (SSSR count). The molecular weight excluding hydrogens is 598 g/mol. The average molecular weight is 617 g/mol. The second kappa shape index (κ2) is 12.7. The van der Waals surface area contributed by atoms with Crippen LogP contribution >= 0.6 is 27.5 Å². The number of nitrogens with one attached hydrogen (secondary N) is 2. The molecule has 0 aliphatic rings. The maximum atomic E-state index is 13.1. The van der Waals surface area contributed by atoms with E-state index in [1.807, 2.05) is 10.7 Å². The monoisotopic (exact) mass is 615 g/mol. The molecule has 0 bridgehead atoms. The first-order valence-electron chi connectivity index (χ1n) is 10.8. The number of halogens is 6. The summed E-state index contributed by atoms with van der Waals surface area (Å²) in [5.41, 5.74) is 1.75. The van der Waals surface area contributed by atoms with Crippen molar-refractivity contribution >= 4 is 51.2 Å². The predicted octanol–water partition coefficient (Wildman–Crippen LogP) is 6.33. The van der Waals surface area contributed by atoms with Crippen molar-refractivity contribution in [2.24, 2.45) is 5.10 Å². The van der Waals surface area contributed by atoms with Gasteiger partial charge in [-0.1, -0.05) is 23.7 Å². The number of rotatable bonds is 8. The van der Waals surface area contributed by atoms with Gasteiger partial charge in [0.1, 0.15) is 12.4 Å². The van der Waals surface area contributed by atoms with E-state index in [2.05, 4.69) is 21.0 Å². The average Bonchev–Trinajstić information content (AvgIpc) is 2.85. The number of hydrazone groups is 1. The number of benzene rings is 3. The van der Waals surface area contributed by atoms with Gasteiger partial charge in [-0.2, -0.15) is 18.3 Å². The molecule has 0 saturated heterocycles. The summed E-state index contributed by atoms with van der Waals surface area (Å²) < 4.78 is 63.8. The minimum atomic E-state index is -4.66. The molecule has 0 radical (unpaired) electrons. The molecule has 3 aromatic rings. The van der Waals surface area contributed by atoms with Gasteiger partial charge in [0, 0.05) is 0 Å². The lowest BCUT2D eigenvalue weighted by molar-refractivity contribution is -0.137. The highest BCUT2D eigenvalue weighted by molar-refractivity contribution is 9.10. The number of anilines is 1. The van der Waals surface area contributed by atoms with Crippen molar-refractivity contribution in [3.63, 3.8) is 0 Å². The maximum Gasteiger partial charge on any atom is 0.416 e. The molecule has 0 aromatic heterocycles. The third-order valence-corrected chi connectivity index (χ3v) is 5.67. The Morgan fingerprint density at radius 3 is 2.42 bits per heavy atom. The molecule has 0 aliphatic heterocycles. The van der Waals surface area contributed by atoms with Crippen LogP contribution in [0.2, 0.25) is 5.02 Å². The Balaban J connectivity index is 1.66. The Labute approximate surface area is 227 Å². The van der Waals surface area contributed by atoms with Gasteiger partial charge in [-0.3, -0.25) is 9.59 Å². The number of carbonyl (C=O) groups excluding carboxylic acids is 2. The van der Waals surface area contributed by atoms with Crippen LogP contribution in [0.25, 0.3) is 0 Å². The normalized spacial score (nSPS) is 11.3. The third-order valence-electron chi connectivity index (χ3n) is 4.76. The fourth-order valence-corrected chi connectivity index (χ4v) is 3.73. The SMILES string of the molecule is CCOc1cc(/C=N/NC(=O)C(=O)Nc2cc(C(F)(F)F)ccc2Cl)cc(Br)c1OCc1ccc(F)cc1. The molecule has 0 heterocycles. The van der Waals surface area contributed by atoms with Crippen molar-refractivity contribution in [2.45, 2.75) is 19.7 Å². The minimum absolute atomic E-state index is 0.146. The molecule has 2 amide bonds. The number of hydrogen-bond acceptors (Lipinski definition) is 5. The summed E-state index contributed by atoms with van der Waals surface area (Å²) in [6, 6.07) is 11.3. The molecule has 7 nitrogen and oxygen atoms in total. The van der Waals surface area contributed by atoms with Crippen molar-refractivity contribution in [3.05, 3.63) is 86.6 Å². The molecule has 0 spiro atoms. The van der Waals surface area contributed by atoms with Gasteiger partial charge in [-0.05, 0) is 76.4 Å². The van der Waals surface area contributed by atoms with Crippen LogP contribution in [0.15, 0.2) is 64.2 Å². The summed E-state index contributed by atoms with van der Waals surface area (Å²) >= 11 is 9.22. The van der Waals surface area contributed by atoms with E-state index in [0.717, 1.165) is 17.7 Å². The summed E-state index contributed by atoms with van der Waals surface area (Å²) in [5, 5.41) is 5.55. The lowest BCUT2D eigenvalue weighted by Gasteiger charge is -2.14. The highest BCUT2D eigenvalue weighted by Crippen LogP contribution is 2.37. The molecule has 13 heteroatoms. The van der Waals surface area contributed by atoms with E-state index < -0.39 is 23.6 Å². The Hall–Kier alpha value is -3.64. The van der Waals surface area contributed by atoms with Gasteiger partial charge in [0.25, 0.3) is 0 Å². The lowest BCUT2D eigenvalue weighted by atomic mass is 10.2. The van der Waals surface area contributed by atoms with Gasteiger partial charge in [-0.15, -0.1) is 0 Å². The molecule has 0 unspecified atom stereocenters. The van der Waals surface area contributed by atoms with E-state index in [1.54, 1.807) is 31.2 Å². The van der Waals surface area contributed by atoms with Crippen molar-refractivity contribution < 1.29 is 36.6 Å². The molecule has 0 fully saturated rings. The zero-order chi connectivity index (χ0) is 27.9. The van der Waals surface area contributed by atoms with Crippen LogP contribution in [-0.2, 0) is 22.4 Å². The largest absolute Gasteiger partial charge is 0.490 e. The van der Waals surface area contributed by atoms with Gasteiger partial charge in [-0.25, -0.2) is 9.82 Å². The Kier molecular flexibility index (Phi) is 9.70. The van der Waals surface area contributed by atoms with Crippen LogP contribution in [0.4, 0.5) is 23.2 Å². The van der Waals surface area contributed by atoms with Crippen LogP contribution in [0.5, 0.6) is 11.5 Å². The van der Waals surface area contributed by atoms with Crippen molar-refractivity contribution in [1.82, 2.24) is 5.43 Å². The molecule has 200 valence electrons. The van der Waals surface area contributed by atoms with E-state index >= 15 is 0 Å². The topological polar surface area (TPSA) is 89.0 Å². The van der Waals surface area contributed by atoms with Crippen LogP contribution in [0.1, 0.15) is 23.6 Å². The number of ether oxygens (including phenoxy) is 2. The highest BCUT2D eigenvalue weighted by atomic mass is 79.9. The van der Waals surface area contributed by atoms with E-state index in [4.69, 9.17) is 21.1 Å². The summed E-state index contributed by atoms with van der Waals surface area (Å²) in [4.78, 5) is 24.2. The summed E-state index contributed by atoms with van der Waals surface area (Å²) in [7, 11) is 0. The molecule has 3 aromatic carbocycles. The second-order valence-corrected chi connectivity index (χ2v) is 8.79. The molecule has 2 N–H and O–H groups in total. The molecule has 0 aliphatic carbocycles. The zero-order valence-corrected chi connectivity index (χ0v) is 21.9. The first kappa shape index (κ1) is 28.9. The Morgan fingerprint density at radius 1 is 1.05 bits per heavy atom. The first-order valence-corrected chi connectivity index (χ1v) is 12.0. The Bertz CT molecular complexity index is 1350. The quantitative estimate of drug-likeness (QED) is 0.134. The molecule has 0 saturated carbocycles. The number of hydrogen-bond donors (Lipinski definition) is 2. The van der Waals surface area contributed by atoms with Crippen LogP contribution in [-0.4, -0.2) is 24.6 Å². The number of carbonyl (C=O) groups is 2. The number of amides is 2. The van der Waals surface area contributed by atoms with E-state index in [9.17, 15) is 27.2 Å². The van der Waals surface area contributed by atoms with Gasteiger partial charge in [0.2, 0.25) is 0 Å². The second-order valence-electron chi connectivity index (χ2n) is 7.52. The Morgan fingerprint density at radius 2 is 1.76 bits per heavy atom. The van der Waals surface area contributed by atoms with Crippen molar-refractivity contribution in [2.75, 3.05) is 11.9 Å². The van der Waals surface area contributed by atoms with Crippen molar-refractivity contribution in [1.29, 1.82) is 0 Å². The summed E-state index contributed by atoms with van der Waals surface area (Å²) in [5.74, 6) is -2.14. The van der Waals surface area contributed by atoms with Gasteiger partial charge < -0.3 is 14.8 Å². The summed E-state index contributed by atoms with van der Waals surface area (Å²) in [6.45, 7) is 2.23. The molecule has 0 atom stereocenters. The minimum Gasteiger partial charge on any atom is -0.490 e. The zero-order valence-electron chi connectivity index (χ0n) is 19.5. The van der Waals surface area contributed by atoms with Gasteiger partial charge in [0.05, 0.1) is 33.6 Å². The van der Waals surface area contributed by atoms with Crippen LogP contribution in [0.3, 0.4) is 0 Å². The lowest BCUT2D eigenvalue weighted by Crippen LogP contribution is -2.32. The predicted molar refractivity (Wildman–Crippen MR) is 137 cm³/mol. The third kappa shape index (κ3) is 7.93. The van der Waals surface area contributed by atoms with Gasteiger partial charge in [0.15, 0.2) is 11.5 Å². The number of alkyl halides is 3. The molecular formula is C25H19BrClF4N3O4.